The molecule has 0 saturated carbocycles. The molecule has 0 bridgehead atoms. The van der Waals surface area contributed by atoms with E-state index in [0.29, 0.717) is 0 Å². The predicted octanol–water partition coefficient (Wildman–Crippen LogP) is 2.35. The fourth-order valence-electron chi connectivity index (χ4n) is 2.77. The zero-order valence-corrected chi connectivity index (χ0v) is 12.8. The zero-order valence-electron chi connectivity index (χ0n) is 12.8. The van der Waals surface area contributed by atoms with Crippen molar-refractivity contribution in [1.29, 1.82) is 0 Å². The normalized spacial score (nSPS) is 12.7. The lowest BCUT2D eigenvalue weighted by Crippen LogP contribution is -2.31. The van der Waals surface area contributed by atoms with Gasteiger partial charge in [-0.3, -0.25) is 16.0 Å². The summed E-state index contributed by atoms with van der Waals surface area (Å²) in [5.41, 5.74) is 9.11. The molecule has 2 aromatic rings. The van der Waals surface area contributed by atoms with Gasteiger partial charge >= 0.3 is 0 Å². The van der Waals surface area contributed by atoms with Gasteiger partial charge in [0.05, 0.1) is 11.7 Å². The number of hydrogen-bond acceptors (Lipinski definition) is 3. The summed E-state index contributed by atoms with van der Waals surface area (Å²) in [4.78, 5) is 0. The first-order valence-corrected chi connectivity index (χ1v) is 7.10. The highest BCUT2D eigenvalue weighted by Gasteiger charge is 2.17. The van der Waals surface area contributed by atoms with Gasteiger partial charge in [0.1, 0.15) is 0 Å². The van der Waals surface area contributed by atoms with Crippen molar-refractivity contribution in [2.45, 2.75) is 39.7 Å². The van der Waals surface area contributed by atoms with Crippen molar-refractivity contribution in [3.8, 4) is 0 Å². The minimum atomic E-state index is 0.108. The quantitative estimate of drug-likeness (QED) is 0.649. The van der Waals surface area contributed by atoms with Crippen LogP contribution in [0.1, 0.15) is 41.0 Å². The van der Waals surface area contributed by atoms with Crippen molar-refractivity contribution in [3.05, 3.63) is 52.3 Å². The molecule has 0 aliphatic carbocycles. The lowest BCUT2D eigenvalue weighted by atomic mass is 9.93. The maximum atomic E-state index is 5.80. The Kier molecular flexibility index (Phi) is 4.57. The Balaban J connectivity index is 2.31. The Bertz CT molecular complexity index is 566. The van der Waals surface area contributed by atoms with Gasteiger partial charge in [0.25, 0.3) is 0 Å². The molecule has 0 saturated heterocycles. The van der Waals surface area contributed by atoms with Crippen molar-refractivity contribution in [2.24, 2.45) is 12.9 Å². The number of rotatable bonds is 5. The molecule has 1 unspecified atom stereocenters. The number of nitrogens with two attached hydrogens (primary N) is 1. The molecule has 108 valence electrons. The van der Waals surface area contributed by atoms with Gasteiger partial charge in [-0.2, -0.15) is 5.10 Å². The lowest BCUT2D eigenvalue weighted by Gasteiger charge is -2.21. The predicted molar refractivity (Wildman–Crippen MR) is 82.3 cm³/mol. The SMILES string of the molecule is CCc1cc(CC(NN)c2c(C)cccc2C)n(C)n1. The van der Waals surface area contributed by atoms with E-state index in [0.717, 1.165) is 18.5 Å². The van der Waals surface area contributed by atoms with E-state index in [4.69, 9.17) is 5.84 Å². The van der Waals surface area contributed by atoms with Crippen LogP contribution in [0.4, 0.5) is 0 Å². The third kappa shape index (κ3) is 2.92. The monoisotopic (exact) mass is 272 g/mol. The number of aryl methyl sites for hydroxylation is 4. The molecule has 4 nitrogen and oxygen atoms in total. The third-order valence-corrected chi connectivity index (χ3v) is 3.89. The Morgan fingerprint density at radius 1 is 1.30 bits per heavy atom. The molecule has 0 aliphatic rings. The molecule has 0 radical (unpaired) electrons. The van der Waals surface area contributed by atoms with Gasteiger partial charge in [0.2, 0.25) is 0 Å². The Morgan fingerprint density at radius 2 is 1.95 bits per heavy atom. The molecule has 1 heterocycles. The van der Waals surface area contributed by atoms with Gasteiger partial charge in [0, 0.05) is 19.2 Å². The molecular formula is C16H24N4. The van der Waals surface area contributed by atoms with Crippen molar-refractivity contribution < 1.29 is 0 Å². The van der Waals surface area contributed by atoms with Crippen LogP contribution in [-0.4, -0.2) is 9.78 Å². The minimum Gasteiger partial charge on any atom is -0.272 e. The van der Waals surface area contributed by atoms with Gasteiger partial charge in [-0.15, -0.1) is 0 Å². The summed E-state index contributed by atoms with van der Waals surface area (Å²) in [7, 11) is 1.99. The van der Waals surface area contributed by atoms with Gasteiger partial charge < -0.3 is 0 Å². The Morgan fingerprint density at radius 3 is 2.45 bits per heavy atom. The summed E-state index contributed by atoms with van der Waals surface area (Å²) >= 11 is 0. The molecule has 20 heavy (non-hydrogen) atoms. The summed E-state index contributed by atoms with van der Waals surface area (Å²) in [5, 5.41) is 4.50. The zero-order chi connectivity index (χ0) is 14.7. The van der Waals surface area contributed by atoms with E-state index in [2.05, 4.69) is 55.6 Å². The summed E-state index contributed by atoms with van der Waals surface area (Å²) in [6, 6.07) is 8.62. The van der Waals surface area contributed by atoms with E-state index < -0.39 is 0 Å². The number of nitrogens with zero attached hydrogens (tertiary/aromatic N) is 2. The van der Waals surface area contributed by atoms with E-state index in [9.17, 15) is 0 Å². The number of benzene rings is 1. The highest BCUT2D eigenvalue weighted by Crippen LogP contribution is 2.24. The van der Waals surface area contributed by atoms with Crippen LogP contribution in [0.2, 0.25) is 0 Å². The van der Waals surface area contributed by atoms with Gasteiger partial charge in [-0.25, -0.2) is 0 Å². The van der Waals surface area contributed by atoms with Crippen LogP contribution in [0.5, 0.6) is 0 Å². The average molecular weight is 272 g/mol. The fraction of sp³-hybridized carbons (Fsp3) is 0.438. The molecule has 0 aliphatic heterocycles. The first-order chi connectivity index (χ1) is 9.56. The largest absolute Gasteiger partial charge is 0.272 e. The smallest absolute Gasteiger partial charge is 0.0624 e. The van der Waals surface area contributed by atoms with Crippen molar-refractivity contribution in [3.63, 3.8) is 0 Å². The first-order valence-electron chi connectivity index (χ1n) is 7.10. The van der Waals surface area contributed by atoms with Crippen LogP contribution in [0.25, 0.3) is 0 Å². The van der Waals surface area contributed by atoms with E-state index in [1.807, 2.05) is 11.7 Å². The van der Waals surface area contributed by atoms with E-state index in [-0.39, 0.29) is 6.04 Å². The number of hydrogen-bond donors (Lipinski definition) is 2. The molecular weight excluding hydrogens is 248 g/mol. The lowest BCUT2D eigenvalue weighted by molar-refractivity contribution is 0.525. The summed E-state index contributed by atoms with van der Waals surface area (Å²) in [6.45, 7) is 6.39. The van der Waals surface area contributed by atoms with Crippen LogP contribution >= 0.6 is 0 Å². The van der Waals surface area contributed by atoms with Crippen molar-refractivity contribution in [1.82, 2.24) is 15.2 Å². The molecule has 3 N–H and O–H groups in total. The summed E-state index contributed by atoms with van der Waals surface area (Å²) in [5.74, 6) is 5.80. The third-order valence-electron chi connectivity index (χ3n) is 3.89. The fourth-order valence-corrected chi connectivity index (χ4v) is 2.77. The Hall–Kier alpha value is -1.65. The number of hydrazine groups is 1. The Labute approximate surface area is 121 Å². The maximum Gasteiger partial charge on any atom is 0.0624 e. The maximum absolute atomic E-state index is 5.80. The van der Waals surface area contributed by atoms with E-state index in [1.165, 1.54) is 22.4 Å². The second-order valence-electron chi connectivity index (χ2n) is 5.33. The molecule has 1 aromatic heterocycles. The van der Waals surface area contributed by atoms with Crippen LogP contribution in [-0.2, 0) is 19.9 Å². The molecule has 4 heteroatoms. The summed E-state index contributed by atoms with van der Waals surface area (Å²) < 4.78 is 1.96. The molecule has 2 rings (SSSR count). The van der Waals surface area contributed by atoms with Crippen molar-refractivity contribution >= 4 is 0 Å². The number of nitrogens with one attached hydrogen (secondary N) is 1. The number of aromatic nitrogens is 2. The molecule has 1 aromatic carbocycles. The van der Waals surface area contributed by atoms with Gasteiger partial charge in [-0.05, 0) is 43.0 Å². The second kappa shape index (κ2) is 6.20. The van der Waals surface area contributed by atoms with Crippen LogP contribution < -0.4 is 11.3 Å². The highest BCUT2D eigenvalue weighted by molar-refractivity contribution is 5.37. The van der Waals surface area contributed by atoms with Gasteiger partial charge in [-0.1, -0.05) is 25.1 Å². The standard InChI is InChI=1S/C16H24N4/c1-5-13-9-14(20(4)19-13)10-15(18-17)16-11(2)7-6-8-12(16)3/h6-9,15,18H,5,10,17H2,1-4H3. The van der Waals surface area contributed by atoms with Gasteiger partial charge in [0.15, 0.2) is 0 Å². The minimum absolute atomic E-state index is 0.108. The van der Waals surface area contributed by atoms with Crippen LogP contribution in [0.15, 0.2) is 24.3 Å². The van der Waals surface area contributed by atoms with Crippen LogP contribution in [0.3, 0.4) is 0 Å². The van der Waals surface area contributed by atoms with E-state index >= 15 is 0 Å². The second-order valence-corrected chi connectivity index (χ2v) is 5.33. The van der Waals surface area contributed by atoms with E-state index in [1.54, 1.807) is 0 Å². The average Bonchev–Trinajstić information content (AvgIpc) is 2.78. The first kappa shape index (κ1) is 14.8. The topological polar surface area (TPSA) is 55.9 Å². The molecule has 1 atom stereocenters. The highest BCUT2D eigenvalue weighted by atomic mass is 15.3. The molecule has 0 spiro atoms. The molecule has 0 amide bonds. The van der Waals surface area contributed by atoms with Crippen LogP contribution in [0, 0.1) is 13.8 Å². The molecule has 0 fully saturated rings. The summed E-state index contributed by atoms with van der Waals surface area (Å²) in [6.07, 6.45) is 1.80. The van der Waals surface area contributed by atoms with Crippen molar-refractivity contribution in [2.75, 3.05) is 0 Å².